The molecule has 1 amide bonds. The molecule has 0 atom stereocenters. The molecule has 0 aliphatic carbocycles. The number of nitrogens with one attached hydrogen (secondary N) is 1. The van der Waals surface area contributed by atoms with Crippen LogP contribution in [0.4, 0.5) is 5.69 Å². The number of rotatable bonds is 3. The molecule has 5 heteroatoms. The van der Waals surface area contributed by atoms with E-state index >= 15 is 0 Å². The standard InChI is InChI=1S/C18H13N3OS/c22-17(19-14-6-2-1-3-7-14)13-8-9-15-16(12-13)23-18(20-15)21-10-4-5-11-21/h1-12H,(H,19,22). The molecule has 0 spiro atoms. The van der Waals surface area contributed by atoms with Gasteiger partial charge in [0, 0.05) is 23.6 Å². The minimum absolute atomic E-state index is 0.117. The first-order chi connectivity index (χ1) is 11.3. The normalized spacial score (nSPS) is 10.8. The van der Waals surface area contributed by atoms with Crippen LogP contribution in [-0.2, 0) is 0 Å². The van der Waals surface area contributed by atoms with E-state index in [0.29, 0.717) is 5.56 Å². The van der Waals surface area contributed by atoms with Gasteiger partial charge in [-0.05, 0) is 42.5 Å². The molecule has 112 valence electrons. The molecule has 0 fully saturated rings. The summed E-state index contributed by atoms with van der Waals surface area (Å²) in [6.07, 6.45) is 3.92. The maximum Gasteiger partial charge on any atom is 0.255 e. The second-order valence-electron chi connectivity index (χ2n) is 5.09. The largest absolute Gasteiger partial charge is 0.322 e. The highest BCUT2D eigenvalue weighted by Crippen LogP contribution is 2.26. The minimum Gasteiger partial charge on any atom is -0.322 e. The van der Waals surface area contributed by atoms with E-state index in [-0.39, 0.29) is 5.91 Å². The van der Waals surface area contributed by atoms with Crippen molar-refractivity contribution in [2.75, 3.05) is 5.32 Å². The van der Waals surface area contributed by atoms with Crippen molar-refractivity contribution in [3.05, 3.63) is 78.6 Å². The summed E-state index contributed by atoms with van der Waals surface area (Å²) in [5.74, 6) is -0.117. The van der Waals surface area contributed by atoms with Crippen LogP contribution in [0.3, 0.4) is 0 Å². The molecule has 2 aromatic carbocycles. The smallest absolute Gasteiger partial charge is 0.255 e. The Kier molecular flexibility index (Phi) is 3.40. The molecule has 0 unspecified atom stereocenters. The lowest BCUT2D eigenvalue weighted by Gasteiger charge is -2.04. The predicted octanol–water partition coefficient (Wildman–Crippen LogP) is 4.34. The van der Waals surface area contributed by atoms with Crippen LogP contribution in [0.25, 0.3) is 15.3 Å². The van der Waals surface area contributed by atoms with E-state index in [0.717, 1.165) is 21.0 Å². The Labute approximate surface area is 137 Å². The second kappa shape index (κ2) is 5.70. The first-order valence-electron chi connectivity index (χ1n) is 7.20. The van der Waals surface area contributed by atoms with Crippen LogP contribution in [0.1, 0.15) is 10.4 Å². The van der Waals surface area contributed by atoms with Gasteiger partial charge in [-0.1, -0.05) is 29.5 Å². The summed E-state index contributed by atoms with van der Waals surface area (Å²) in [6.45, 7) is 0. The highest BCUT2D eigenvalue weighted by Gasteiger charge is 2.10. The fourth-order valence-corrected chi connectivity index (χ4v) is 3.32. The molecule has 4 nitrogen and oxygen atoms in total. The predicted molar refractivity (Wildman–Crippen MR) is 93.3 cm³/mol. The Morgan fingerprint density at radius 1 is 1.00 bits per heavy atom. The van der Waals surface area contributed by atoms with Crippen LogP contribution in [0, 0.1) is 0 Å². The number of aromatic nitrogens is 2. The Morgan fingerprint density at radius 2 is 1.78 bits per heavy atom. The van der Waals surface area contributed by atoms with Crippen LogP contribution in [-0.4, -0.2) is 15.5 Å². The number of hydrogen-bond acceptors (Lipinski definition) is 3. The molecule has 0 saturated carbocycles. The van der Waals surface area contributed by atoms with E-state index < -0.39 is 0 Å². The van der Waals surface area contributed by atoms with Crippen LogP contribution in [0.15, 0.2) is 73.1 Å². The van der Waals surface area contributed by atoms with Crippen molar-refractivity contribution < 1.29 is 4.79 Å². The van der Waals surface area contributed by atoms with Gasteiger partial charge in [0.2, 0.25) is 0 Å². The topological polar surface area (TPSA) is 46.9 Å². The Hall–Kier alpha value is -2.92. The molecular weight excluding hydrogens is 306 g/mol. The van der Waals surface area contributed by atoms with Crippen LogP contribution < -0.4 is 5.32 Å². The lowest BCUT2D eigenvalue weighted by molar-refractivity contribution is 0.102. The van der Waals surface area contributed by atoms with Crippen molar-refractivity contribution in [2.24, 2.45) is 0 Å². The molecular formula is C18H13N3OS. The Balaban J connectivity index is 1.65. The molecule has 2 aromatic heterocycles. The average Bonchev–Trinajstić information content (AvgIpc) is 3.24. The van der Waals surface area contributed by atoms with Gasteiger partial charge in [0.1, 0.15) is 0 Å². The molecule has 4 rings (SSSR count). The lowest BCUT2D eigenvalue weighted by atomic mass is 10.2. The number of fused-ring (bicyclic) bond motifs is 1. The Bertz CT molecular complexity index is 959. The monoisotopic (exact) mass is 319 g/mol. The number of carbonyl (C=O) groups is 1. The van der Waals surface area contributed by atoms with Crippen molar-refractivity contribution in [1.29, 1.82) is 0 Å². The van der Waals surface area contributed by atoms with Gasteiger partial charge in [0.15, 0.2) is 5.13 Å². The number of hydrogen-bond donors (Lipinski definition) is 1. The minimum atomic E-state index is -0.117. The number of carbonyl (C=O) groups excluding carboxylic acids is 1. The summed E-state index contributed by atoms with van der Waals surface area (Å²) in [4.78, 5) is 17.0. The van der Waals surface area contributed by atoms with Crippen LogP contribution in [0.2, 0.25) is 0 Å². The lowest BCUT2D eigenvalue weighted by Crippen LogP contribution is -2.11. The molecule has 0 bridgehead atoms. The molecule has 4 aromatic rings. The van der Waals surface area contributed by atoms with E-state index in [1.807, 2.05) is 71.6 Å². The molecule has 23 heavy (non-hydrogen) atoms. The first kappa shape index (κ1) is 13.7. The Morgan fingerprint density at radius 3 is 2.57 bits per heavy atom. The van der Waals surface area contributed by atoms with Gasteiger partial charge < -0.3 is 9.88 Å². The van der Waals surface area contributed by atoms with Crippen LogP contribution in [0.5, 0.6) is 0 Å². The fourth-order valence-electron chi connectivity index (χ4n) is 2.35. The zero-order chi connectivity index (χ0) is 15.6. The summed E-state index contributed by atoms with van der Waals surface area (Å²) < 4.78 is 2.96. The molecule has 0 aliphatic rings. The van der Waals surface area contributed by atoms with Crippen LogP contribution >= 0.6 is 11.3 Å². The van der Waals surface area contributed by atoms with E-state index in [2.05, 4.69) is 10.3 Å². The number of benzene rings is 2. The fraction of sp³-hybridized carbons (Fsp3) is 0. The third-order valence-electron chi connectivity index (χ3n) is 3.50. The quantitative estimate of drug-likeness (QED) is 0.610. The van der Waals surface area contributed by atoms with Gasteiger partial charge in [-0.25, -0.2) is 4.98 Å². The number of thiazole rings is 1. The second-order valence-corrected chi connectivity index (χ2v) is 6.10. The first-order valence-corrected chi connectivity index (χ1v) is 8.01. The van der Waals surface area contributed by atoms with Crippen molar-refractivity contribution in [3.63, 3.8) is 0 Å². The summed E-state index contributed by atoms with van der Waals surface area (Å²) in [7, 11) is 0. The molecule has 1 N–H and O–H groups in total. The van der Waals surface area contributed by atoms with Gasteiger partial charge in [-0.2, -0.15) is 0 Å². The van der Waals surface area contributed by atoms with E-state index in [9.17, 15) is 4.79 Å². The summed E-state index contributed by atoms with van der Waals surface area (Å²) in [5.41, 5.74) is 2.31. The number of amides is 1. The van der Waals surface area contributed by atoms with Crippen molar-refractivity contribution >= 4 is 33.1 Å². The van der Waals surface area contributed by atoms with Gasteiger partial charge in [0.05, 0.1) is 10.2 Å². The summed E-state index contributed by atoms with van der Waals surface area (Å²) in [5, 5.41) is 3.79. The summed E-state index contributed by atoms with van der Waals surface area (Å²) >= 11 is 1.56. The van der Waals surface area contributed by atoms with Gasteiger partial charge >= 0.3 is 0 Å². The number of anilines is 1. The third kappa shape index (κ3) is 2.74. The molecule has 0 aliphatic heterocycles. The van der Waals surface area contributed by atoms with E-state index in [4.69, 9.17) is 0 Å². The number of nitrogens with zero attached hydrogens (tertiary/aromatic N) is 2. The van der Waals surface area contributed by atoms with Gasteiger partial charge in [-0.15, -0.1) is 0 Å². The zero-order valence-corrected chi connectivity index (χ0v) is 13.0. The van der Waals surface area contributed by atoms with E-state index in [1.165, 1.54) is 0 Å². The molecule has 2 heterocycles. The van der Waals surface area contributed by atoms with Gasteiger partial charge in [0.25, 0.3) is 5.91 Å². The van der Waals surface area contributed by atoms with E-state index in [1.54, 1.807) is 17.4 Å². The van der Waals surface area contributed by atoms with Crippen molar-refractivity contribution in [1.82, 2.24) is 9.55 Å². The maximum absolute atomic E-state index is 12.4. The highest BCUT2D eigenvalue weighted by atomic mass is 32.1. The zero-order valence-electron chi connectivity index (χ0n) is 12.1. The SMILES string of the molecule is O=C(Nc1ccccc1)c1ccc2nc(-n3cccc3)sc2c1. The van der Waals surface area contributed by atoms with Crippen molar-refractivity contribution in [3.8, 4) is 5.13 Å². The maximum atomic E-state index is 12.4. The third-order valence-corrected chi connectivity index (χ3v) is 4.53. The van der Waals surface area contributed by atoms with Gasteiger partial charge in [-0.3, -0.25) is 4.79 Å². The highest BCUT2D eigenvalue weighted by molar-refractivity contribution is 7.20. The van der Waals surface area contributed by atoms with Crippen molar-refractivity contribution in [2.45, 2.75) is 0 Å². The average molecular weight is 319 g/mol. The molecule has 0 saturated heterocycles. The molecule has 0 radical (unpaired) electrons. The summed E-state index contributed by atoms with van der Waals surface area (Å²) in [6, 6.07) is 18.9. The number of para-hydroxylation sites is 1.